The summed E-state index contributed by atoms with van der Waals surface area (Å²) >= 11 is 7.20. The monoisotopic (exact) mass is 343 g/mol. The van der Waals surface area contributed by atoms with Crippen LogP contribution in [-0.2, 0) is 0 Å². The molecule has 0 spiro atoms. The highest BCUT2D eigenvalue weighted by atomic mass is 35.5. The smallest absolute Gasteiger partial charge is 0.308 e. The maximum atomic E-state index is 12.0. The van der Waals surface area contributed by atoms with E-state index in [4.69, 9.17) is 11.6 Å². The largest absolute Gasteiger partial charge is 0.325 e. The summed E-state index contributed by atoms with van der Waals surface area (Å²) in [5, 5.41) is 8.55. The summed E-state index contributed by atoms with van der Waals surface area (Å²) in [7, 11) is 0. The number of amides is 2. The number of carbonyl (C=O) groups excluding carboxylic acids is 1. The third kappa shape index (κ3) is 4.09. The predicted molar refractivity (Wildman–Crippen MR) is 96.4 cm³/mol. The number of anilines is 2. The van der Waals surface area contributed by atoms with Crippen LogP contribution in [0.25, 0.3) is 11.3 Å². The van der Waals surface area contributed by atoms with Crippen molar-refractivity contribution in [3.8, 4) is 11.3 Å². The minimum Gasteiger partial charge on any atom is -0.308 e. The fraction of sp³-hybridized carbons (Fsp3) is 0.0588. The molecule has 2 amide bonds. The molecule has 2 aromatic carbocycles. The number of hydrogen-bond donors (Lipinski definition) is 2. The average molecular weight is 344 g/mol. The molecule has 0 radical (unpaired) electrons. The van der Waals surface area contributed by atoms with Crippen LogP contribution in [0.4, 0.5) is 15.6 Å². The summed E-state index contributed by atoms with van der Waals surface area (Å²) in [6.45, 7) is 2.04. The van der Waals surface area contributed by atoms with Crippen molar-refractivity contribution in [2.24, 2.45) is 0 Å². The van der Waals surface area contributed by atoms with Gasteiger partial charge in [-0.1, -0.05) is 41.4 Å². The number of halogens is 1. The molecule has 0 unspecified atom stereocenters. The van der Waals surface area contributed by atoms with Crippen molar-refractivity contribution in [2.75, 3.05) is 10.6 Å². The van der Waals surface area contributed by atoms with Crippen molar-refractivity contribution >= 4 is 39.8 Å². The molecule has 0 saturated carbocycles. The second kappa shape index (κ2) is 6.81. The van der Waals surface area contributed by atoms with E-state index >= 15 is 0 Å². The van der Waals surface area contributed by atoms with E-state index < -0.39 is 0 Å². The molecule has 1 heterocycles. The Bertz CT molecular complexity index is 813. The Hall–Kier alpha value is -2.37. The molecule has 0 aliphatic carbocycles. The zero-order valence-corrected chi connectivity index (χ0v) is 13.9. The van der Waals surface area contributed by atoms with Crippen LogP contribution in [0.1, 0.15) is 5.56 Å². The first-order chi connectivity index (χ1) is 11.1. The average Bonchev–Trinajstić information content (AvgIpc) is 2.98. The van der Waals surface area contributed by atoms with Crippen LogP contribution in [0.5, 0.6) is 0 Å². The Kier molecular flexibility index (Phi) is 4.60. The molecule has 0 aliphatic heterocycles. The molecule has 3 rings (SSSR count). The van der Waals surface area contributed by atoms with Gasteiger partial charge in [0.25, 0.3) is 0 Å². The van der Waals surface area contributed by atoms with Crippen molar-refractivity contribution in [1.29, 1.82) is 0 Å². The number of aryl methyl sites for hydroxylation is 1. The summed E-state index contributed by atoms with van der Waals surface area (Å²) in [6.07, 6.45) is 0. The number of benzene rings is 2. The van der Waals surface area contributed by atoms with Gasteiger partial charge in [-0.3, -0.25) is 5.32 Å². The fourth-order valence-corrected chi connectivity index (χ4v) is 2.82. The number of nitrogens with one attached hydrogen (secondary N) is 2. The Labute approximate surface area is 143 Å². The van der Waals surface area contributed by atoms with Crippen LogP contribution >= 0.6 is 22.9 Å². The highest BCUT2D eigenvalue weighted by molar-refractivity contribution is 7.14. The van der Waals surface area contributed by atoms with Crippen LogP contribution in [0.3, 0.4) is 0 Å². The zero-order valence-electron chi connectivity index (χ0n) is 12.3. The molecule has 6 heteroatoms. The van der Waals surface area contributed by atoms with Crippen LogP contribution in [0.15, 0.2) is 53.9 Å². The number of aromatic nitrogens is 1. The SMILES string of the molecule is Cc1ccc(-c2csc(NC(=O)Nc3ccc(Cl)cc3)n2)cc1. The van der Waals surface area contributed by atoms with E-state index in [2.05, 4.69) is 15.6 Å². The normalized spacial score (nSPS) is 10.3. The highest BCUT2D eigenvalue weighted by Crippen LogP contribution is 2.25. The van der Waals surface area contributed by atoms with E-state index in [1.807, 2.05) is 36.6 Å². The standard InChI is InChI=1S/C17H14ClN3OS/c1-11-2-4-12(5-3-11)15-10-23-17(20-15)21-16(22)19-14-8-6-13(18)7-9-14/h2-10H,1H3,(H2,19,20,21,22). The van der Waals surface area contributed by atoms with Crippen molar-refractivity contribution in [2.45, 2.75) is 6.92 Å². The first-order valence-corrected chi connectivity index (χ1v) is 8.22. The summed E-state index contributed by atoms with van der Waals surface area (Å²) < 4.78 is 0. The molecule has 1 aromatic heterocycles. The quantitative estimate of drug-likeness (QED) is 0.667. The predicted octanol–water partition coefficient (Wildman–Crippen LogP) is 5.42. The number of thiazole rings is 1. The van der Waals surface area contributed by atoms with Crippen LogP contribution in [-0.4, -0.2) is 11.0 Å². The molecule has 2 N–H and O–H groups in total. The van der Waals surface area contributed by atoms with Crippen LogP contribution in [0.2, 0.25) is 5.02 Å². The van der Waals surface area contributed by atoms with Crippen LogP contribution in [0, 0.1) is 6.92 Å². The number of carbonyl (C=O) groups is 1. The van der Waals surface area contributed by atoms with Gasteiger partial charge in [0, 0.05) is 21.7 Å². The Morgan fingerprint density at radius 3 is 2.43 bits per heavy atom. The molecule has 23 heavy (non-hydrogen) atoms. The molecule has 116 valence electrons. The van der Waals surface area contributed by atoms with Gasteiger partial charge in [0.15, 0.2) is 5.13 Å². The molecule has 0 aliphatic rings. The van der Waals surface area contributed by atoms with Gasteiger partial charge in [-0.2, -0.15) is 0 Å². The molecular weight excluding hydrogens is 330 g/mol. The maximum Gasteiger partial charge on any atom is 0.325 e. The van der Waals surface area contributed by atoms with Gasteiger partial charge >= 0.3 is 6.03 Å². The zero-order chi connectivity index (χ0) is 16.2. The van der Waals surface area contributed by atoms with E-state index in [1.54, 1.807) is 24.3 Å². The lowest BCUT2D eigenvalue weighted by Crippen LogP contribution is -2.19. The lowest BCUT2D eigenvalue weighted by atomic mass is 10.1. The van der Waals surface area contributed by atoms with Crippen molar-refractivity contribution in [1.82, 2.24) is 4.98 Å². The van der Waals surface area contributed by atoms with E-state index in [9.17, 15) is 4.79 Å². The molecule has 0 fully saturated rings. The Morgan fingerprint density at radius 1 is 1.04 bits per heavy atom. The third-order valence-corrected chi connectivity index (χ3v) is 4.18. The number of rotatable bonds is 3. The van der Waals surface area contributed by atoms with Crippen LogP contribution < -0.4 is 10.6 Å². The molecule has 0 bridgehead atoms. The molecule has 0 saturated heterocycles. The lowest BCUT2D eigenvalue weighted by Gasteiger charge is -2.05. The van der Waals surface area contributed by atoms with Crippen molar-refractivity contribution in [3.63, 3.8) is 0 Å². The number of urea groups is 1. The second-order valence-corrected chi connectivity index (χ2v) is 6.28. The molecule has 4 nitrogen and oxygen atoms in total. The van der Waals surface area contributed by atoms with Gasteiger partial charge in [0.1, 0.15) is 0 Å². The Balaban J connectivity index is 1.65. The molecule has 3 aromatic rings. The van der Waals surface area contributed by atoms with E-state index in [0.29, 0.717) is 15.8 Å². The van der Waals surface area contributed by atoms with E-state index in [1.165, 1.54) is 16.9 Å². The summed E-state index contributed by atoms with van der Waals surface area (Å²) in [6, 6.07) is 14.7. The van der Waals surface area contributed by atoms with Crippen molar-refractivity contribution in [3.05, 3.63) is 64.5 Å². The van der Waals surface area contributed by atoms with Gasteiger partial charge < -0.3 is 5.32 Å². The third-order valence-electron chi connectivity index (χ3n) is 3.17. The van der Waals surface area contributed by atoms with Gasteiger partial charge in [0.2, 0.25) is 0 Å². The Morgan fingerprint density at radius 2 is 1.74 bits per heavy atom. The summed E-state index contributed by atoms with van der Waals surface area (Å²) in [5.41, 5.74) is 3.74. The topological polar surface area (TPSA) is 54.0 Å². The maximum absolute atomic E-state index is 12.0. The molecule has 0 atom stereocenters. The first kappa shape index (κ1) is 15.5. The minimum absolute atomic E-state index is 0.336. The highest BCUT2D eigenvalue weighted by Gasteiger charge is 2.08. The van der Waals surface area contributed by atoms with E-state index in [0.717, 1.165) is 11.3 Å². The van der Waals surface area contributed by atoms with Gasteiger partial charge in [-0.25, -0.2) is 9.78 Å². The summed E-state index contributed by atoms with van der Waals surface area (Å²) in [5.74, 6) is 0. The summed E-state index contributed by atoms with van der Waals surface area (Å²) in [4.78, 5) is 16.4. The fourth-order valence-electron chi connectivity index (χ4n) is 1.98. The second-order valence-electron chi connectivity index (χ2n) is 4.99. The lowest BCUT2D eigenvalue weighted by molar-refractivity contribution is 0.262. The minimum atomic E-state index is -0.336. The van der Waals surface area contributed by atoms with Gasteiger partial charge in [-0.15, -0.1) is 11.3 Å². The number of nitrogens with zero attached hydrogens (tertiary/aromatic N) is 1. The van der Waals surface area contributed by atoms with Crippen molar-refractivity contribution < 1.29 is 4.79 Å². The van der Waals surface area contributed by atoms with Gasteiger partial charge in [-0.05, 0) is 31.2 Å². The molecular formula is C17H14ClN3OS. The van der Waals surface area contributed by atoms with E-state index in [-0.39, 0.29) is 6.03 Å². The first-order valence-electron chi connectivity index (χ1n) is 6.96. The number of hydrogen-bond acceptors (Lipinski definition) is 3. The van der Waals surface area contributed by atoms with Gasteiger partial charge in [0.05, 0.1) is 5.69 Å².